The lowest BCUT2D eigenvalue weighted by molar-refractivity contribution is -0.118. The molecule has 35 valence electrons. The van der Waals surface area contributed by atoms with E-state index in [-0.39, 0.29) is 12.6 Å². The molecule has 3 nitrogen and oxygen atoms in total. The summed E-state index contributed by atoms with van der Waals surface area (Å²) in [4.78, 5) is 9.81. The van der Waals surface area contributed by atoms with E-state index in [4.69, 9.17) is 5.73 Å². The average molecular weight is 87.1 g/mol. The van der Waals surface area contributed by atoms with Crippen molar-refractivity contribution < 1.29 is 4.79 Å². The molecule has 0 aliphatic rings. The molecule has 3 heteroatoms. The van der Waals surface area contributed by atoms with Crippen LogP contribution < -0.4 is 11.1 Å². The minimum atomic E-state index is -0.148. The molecule has 1 amide bonds. The highest BCUT2D eigenvalue weighted by Gasteiger charge is 1.79. The van der Waals surface area contributed by atoms with Crippen LogP contribution in [0.25, 0.3) is 0 Å². The van der Waals surface area contributed by atoms with E-state index in [9.17, 15) is 4.79 Å². The number of hydrogen-bond donors (Lipinski definition) is 1. The molecular formula is C3H7N2O. The second kappa shape index (κ2) is 2.66. The highest BCUT2D eigenvalue weighted by atomic mass is 16.1. The van der Waals surface area contributed by atoms with E-state index in [0.717, 1.165) is 0 Å². The largest absolute Gasteiger partial charge is 0.343 e. The summed E-state index contributed by atoms with van der Waals surface area (Å²) in [6, 6.07) is 0. The minimum absolute atomic E-state index is 0.0185. The maximum Gasteiger partial charge on any atom is 0.217 e. The first-order valence-corrected chi connectivity index (χ1v) is 1.66. The lowest BCUT2D eigenvalue weighted by Crippen LogP contribution is -2.21. The van der Waals surface area contributed by atoms with Crippen molar-refractivity contribution in [1.82, 2.24) is 11.1 Å². The second-order valence-electron chi connectivity index (χ2n) is 0.910. The molecule has 0 spiro atoms. The van der Waals surface area contributed by atoms with E-state index < -0.39 is 0 Å². The molecular weight excluding hydrogens is 80.0 g/mol. The second-order valence-corrected chi connectivity index (χ2v) is 0.910. The zero-order chi connectivity index (χ0) is 4.99. The smallest absolute Gasteiger partial charge is 0.217 e. The number of carbonyl (C=O) groups is 1. The molecule has 2 N–H and O–H groups in total. The molecule has 0 aliphatic heterocycles. The minimum Gasteiger partial charge on any atom is -0.343 e. The fourth-order valence-corrected chi connectivity index (χ4v) is 0.124. The van der Waals surface area contributed by atoms with Gasteiger partial charge in [0.1, 0.15) is 0 Å². The summed E-state index contributed by atoms with van der Waals surface area (Å²) in [5, 5.41) is 2.24. The van der Waals surface area contributed by atoms with Gasteiger partial charge < -0.3 is 5.32 Å². The van der Waals surface area contributed by atoms with Gasteiger partial charge in [-0.3, -0.25) is 4.79 Å². The molecule has 0 saturated carbocycles. The van der Waals surface area contributed by atoms with Gasteiger partial charge in [0.15, 0.2) is 0 Å². The summed E-state index contributed by atoms with van der Waals surface area (Å²) < 4.78 is 0. The van der Waals surface area contributed by atoms with Crippen molar-refractivity contribution in [2.75, 3.05) is 6.67 Å². The van der Waals surface area contributed by atoms with Crippen LogP contribution >= 0.6 is 0 Å². The number of rotatable bonds is 1. The van der Waals surface area contributed by atoms with Crippen molar-refractivity contribution in [3.05, 3.63) is 0 Å². The van der Waals surface area contributed by atoms with E-state index in [2.05, 4.69) is 5.32 Å². The predicted octanol–water partition coefficient (Wildman–Crippen LogP) is -0.637. The van der Waals surface area contributed by atoms with Gasteiger partial charge in [-0.05, 0) is 0 Å². The van der Waals surface area contributed by atoms with Crippen LogP contribution in [0, 0.1) is 0 Å². The standard InChI is InChI=1S/C3H7N2O/c1-3(6)5-2-4/h4H,2H2,1H3,(H,5,6). The van der Waals surface area contributed by atoms with Gasteiger partial charge in [0, 0.05) is 6.92 Å². The van der Waals surface area contributed by atoms with Crippen molar-refractivity contribution in [1.29, 1.82) is 0 Å². The summed E-state index contributed by atoms with van der Waals surface area (Å²) >= 11 is 0. The maximum atomic E-state index is 9.81. The van der Waals surface area contributed by atoms with Crippen molar-refractivity contribution >= 4 is 5.91 Å². The predicted molar refractivity (Wildman–Crippen MR) is 21.8 cm³/mol. The molecule has 0 atom stereocenters. The summed E-state index contributed by atoms with van der Waals surface area (Å²) in [6.45, 7) is 1.36. The normalized spacial score (nSPS) is 7.67. The van der Waals surface area contributed by atoms with E-state index in [1.54, 1.807) is 0 Å². The third-order valence-corrected chi connectivity index (χ3v) is 0.337. The Labute approximate surface area is 36.5 Å². The summed E-state index contributed by atoms with van der Waals surface area (Å²) in [6.07, 6.45) is 0. The van der Waals surface area contributed by atoms with E-state index in [0.29, 0.717) is 0 Å². The highest BCUT2D eigenvalue weighted by Crippen LogP contribution is 1.50. The van der Waals surface area contributed by atoms with Crippen molar-refractivity contribution in [2.24, 2.45) is 0 Å². The Morgan fingerprint density at radius 2 is 2.50 bits per heavy atom. The zero-order valence-corrected chi connectivity index (χ0v) is 3.62. The highest BCUT2D eigenvalue weighted by molar-refractivity contribution is 5.72. The van der Waals surface area contributed by atoms with Crippen molar-refractivity contribution in [3.63, 3.8) is 0 Å². The first-order chi connectivity index (χ1) is 2.77. The summed E-state index contributed by atoms with van der Waals surface area (Å²) in [5.41, 5.74) is 6.40. The molecule has 0 aromatic rings. The molecule has 0 aromatic heterocycles. The fourth-order valence-electron chi connectivity index (χ4n) is 0.124. The van der Waals surface area contributed by atoms with Crippen LogP contribution in [0.2, 0.25) is 0 Å². The maximum absolute atomic E-state index is 9.81. The molecule has 0 heterocycles. The van der Waals surface area contributed by atoms with Gasteiger partial charge in [-0.2, -0.15) is 0 Å². The van der Waals surface area contributed by atoms with Gasteiger partial charge in [0.2, 0.25) is 5.91 Å². The van der Waals surface area contributed by atoms with Crippen LogP contribution in [-0.4, -0.2) is 12.6 Å². The Bertz CT molecular complexity index is 52.8. The molecule has 0 bridgehead atoms. The number of hydrogen-bond acceptors (Lipinski definition) is 1. The third-order valence-electron chi connectivity index (χ3n) is 0.337. The van der Waals surface area contributed by atoms with Gasteiger partial charge in [0.05, 0.1) is 6.67 Å². The fraction of sp³-hybridized carbons (Fsp3) is 0.667. The van der Waals surface area contributed by atoms with Crippen LogP contribution in [0.3, 0.4) is 0 Å². The zero-order valence-electron chi connectivity index (χ0n) is 3.62. The molecule has 0 fully saturated rings. The van der Waals surface area contributed by atoms with Gasteiger partial charge >= 0.3 is 0 Å². The lowest BCUT2D eigenvalue weighted by Gasteiger charge is -1.88. The van der Waals surface area contributed by atoms with Crippen LogP contribution in [0.1, 0.15) is 6.92 Å². The van der Waals surface area contributed by atoms with Crippen LogP contribution in [-0.2, 0) is 4.79 Å². The Morgan fingerprint density at radius 3 is 2.50 bits per heavy atom. The molecule has 0 rings (SSSR count). The average Bonchev–Trinajstić information content (AvgIpc) is 1.35. The monoisotopic (exact) mass is 87.1 g/mol. The quantitative estimate of drug-likeness (QED) is 0.454. The van der Waals surface area contributed by atoms with Crippen molar-refractivity contribution in [3.8, 4) is 0 Å². The topological polar surface area (TPSA) is 52.9 Å². The van der Waals surface area contributed by atoms with E-state index >= 15 is 0 Å². The van der Waals surface area contributed by atoms with E-state index in [1.165, 1.54) is 6.92 Å². The molecule has 0 aliphatic carbocycles. The molecule has 0 unspecified atom stereocenters. The summed E-state index contributed by atoms with van der Waals surface area (Å²) in [7, 11) is 0. The Balaban J connectivity index is 2.83. The molecule has 0 aromatic carbocycles. The van der Waals surface area contributed by atoms with Crippen LogP contribution in [0.15, 0.2) is 0 Å². The number of amides is 1. The van der Waals surface area contributed by atoms with Gasteiger partial charge in [-0.25, -0.2) is 5.73 Å². The Hall–Kier alpha value is -0.570. The summed E-state index contributed by atoms with van der Waals surface area (Å²) in [5.74, 6) is -0.148. The third kappa shape index (κ3) is 3.43. The first-order valence-electron chi connectivity index (χ1n) is 1.66. The van der Waals surface area contributed by atoms with Crippen molar-refractivity contribution in [2.45, 2.75) is 6.92 Å². The lowest BCUT2D eigenvalue weighted by atomic mass is 10.7. The molecule has 6 heavy (non-hydrogen) atoms. The number of carbonyl (C=O) groups excluding carboxylic acids is 1. The molecule has 1 radical (unpaired) electrons. The van der Waals surface area contributed by atoms with Crippen LogP contribution in [0.4, 0.5) is 0 Å². The van der Waals surface area contributed by atoms with Gasteiger partial charge in [-0.1, -0.05) is 0 Å². The Morgan fingerprint density at radius 1 is 2.00 bits per heavy atom. The molecule has 0 saturated heterocycles. The van der Waals surface area contributed by atoms with Gasteiger partial charge in [0.25, 0.3) is 0 Å². The van der Waals surface area contributed by atoms with Crippen LogP contribution in [0.5, 0.6) is 0 Å². The first kappa shape index (κ1) is 5.43. The van der Waals surface area contributed by atoms with E-state index in [1.807, 2.05) is 0 Å². The Kier molecular flexibility index (Phi) is 2.40. The SMILES string of the molecule is CC(=O)NC[NH]. The van der Waals surface area contributed by atoms with Gasteiger partial charge in [-0.15, -0.1) is 0 Å². The number of nitrogens with one attached hydrogen (secondary N) is 2.